The van der Waals surface area contributed by atoms with Gasteiger partial charge in [0.25, 0.3) is 0 Å². The molecule has 1 saturated carbocycles. The van der Waals surface area contributed by atoms with Crippen molar-refractivity contribution >= 4 is 5.69 Å². The average Bonchev–Trinajstić information content (AvgIpc) is 2.54. The minimum atomic E-state index is -2.79. The molecule has 106 valence electrons. The van der Waals surface area contributed by atoms with Crippen molar-refractivity contribution in [1.29, 1.82) is 0 Å². The van der Waals surface area contributed by atoms with E-state index in [1.807, 2.05) is 6.07 Å². The van der Waals surface area contributed by atoms with Gasteiger partial charge < -0.3 is 10.1 Å². The Morgan fingerprint density at radius 1 is 1.26 bits per heavy atom. The maximum Gasteiger partial charge on any atom is 0.387 e. The number of rotatable bonds is 4. The largest absolute Gasteiger partial charge is 0.433 e. The fraction of sp³-hybridized carbons (Fsp3) is 0.600. The molecular formula is C15H21F2NO. The molecule has 1 N–H and O–H groups in total. The van der Waals surface area contributed by atoms with E-state index in [-0.39, 0.29) is 5.75 Å². The highest BCUT2D eigenvalue weighted by molar-refractivity contribution is 5.57. The van der Waals surface area contributed by atoms with Gasteiger partial charge in [-0.05, 0) is 36.3 Å². The first-order chi connectivity index (χ1) is 8.87. The Morgan fingerprint density at radius 2 is 1.95 bits per heavy atom. The molecule has 0 heterocycles. The van der Waals surface area contributed by atoms with Crippen LogP contribution in [-0.4, -0.2) is 12.7 Å². The molecular weight excluding hydrogens is 248 g/mol. The van der Waals surface area contributed by atoms with Crippen molar-refractivity contribution in [3.63, 3.8) is 0 Å². The number of hydrogen-bond donors (Lipinski definition) is 1. The lowest BCUT2D eigenvalue weighted by molar-refractivity contribution is -0.0494. The van der Waals surface area contributed by atoms with Crippen LogP contribution in [0.5, 0.6) is 5.75 Å². The third kappa shape index (κ3) is 3.58. The lowest BCUT2D eigenvalue weighted by atomic mass is 9.91. The number of anilines is 1. The van der Waals surface area contributed by atoms with Gasteiger partial charge >= 0.3 is 6.61 Å². The summed E-state index contributed by atoms with van der Waals surface area (Å²) in [4.78, 5) is 0. The van der Waals surface area contributed by atoms with Gasteiger partial charge in [-0.15, -0.1) is 0 Å². The van der Waals surface area contributed by atoms with Crippen LogP contribution in [0.4, 0.5) is 14.5 Å². The van der Waals surface area contributed by atoms with Crippen LogP contribution >= 0.6 is 0 Å². The summed E-state index contributed by atoms with van der Waals surface area (Å²) < 4.78 is 29.3. The zero-order chi connectivity index (χ0) is 14.0. The Labute approximate surface area is 113 Å². The Hall–Kier alpha value is -1.32. The SMILES string of the molecule is CC1CC(C)(C)CC1Nc1ccccc1OC(F)F. The molecule has 4 heteroatoms. The molecule has 0 aliphatic heterocycles. The molecule has 2 atom stereocenters. The summed E-state index contributed by atoms with van der Waals surface area (Å²) >= 11 is 0. The van der Waals surface area contributed by atoms with Gasteiger partial charge in [-0.25, -0.2) is 0 Å². The second-order valence-corrected chi connectivity index (χ2v) is 6.18. The predicted molar refractivity (Wildman–Crippen MR) is 72.7 cm³/mol. The molecule has 1 aliphatic rings. The molecule has 1 aromatic rings. The Balaban J connectivity index is 2.11. The van der Waals surface area contributed by atoms with E-state index in [2.05, 4.69) is 30.8 Å². The third-order valence-electron chi connectivity index (χ3n) is 3.78. The van der Waals surface area contributed by atoms with Crippen LogP contribution in [0.25, 0.3) is 0 Å². The first kappa shape index (κ1) is 14.1. The Bertz CT molecular complexity index is 434. The van der Waals surface area contributed by atoms with Crippen molar-refractivity contribution in [2.24, 2.45) is 11.3 Å². The number of para-hydroxylation sites is 2. The molecule has 1 fully saturated rings. The molecule has 0 saturated heterocycles. The minimum absolute atomic E-state index is 0.217. The zero-order valence-electron chi connectivity index (χ0n) is 11.6. The quantitative estimate of drug-likeness (QED) is 0.867. The van der Waals surface area contributed by atoms with E-state index in [0.717, 1.165) is 12.8 Å². The Kier molecular flexibility index (Phi) is 3.97. The number of nitrogens with one attached hydrogen (secondary N) is 1. The van der Waals surface area contributed by atoms with E-state index in [4.69, 9.17) is 0 Å². The topological polar surface area (TPSA) is 21.3 Å². The average molecular weight is 269 g/mol. The normalized spacial score (nSPS) is 25.6. The fourth-order valence-corrected chi connectivity index (χ4v) is 3.07. The van der Waals surface area contributed by atoms with Crippen LogP contribution < -0.4 is 10.1 Å². The van der Waals surface area contributed by atoms with Gasteiger partial charge in [-0.3, -0.25) is 0 Å². The van der Waals surface area contributed by atoms with E-state index < -0.39 is 6.61 Å². The zero-order valence-corrected chi connectivity index (χ0v) is 11.6. The van der Waals surface area contributed by atoms with Gasteiger partial charge in [0.15, 0.2) is 0 Å². The number of hydrogen-bond acceptors (Lipinski definition) is 2. The fourth-order valence-electron chi connectivity index (χ4n) is 3.07. The van der Waals surface area contributed by atoms with Crippen molar-refractivity contribution in [2.45, 2.75) is 46.3 Å². The molecule has 1 aliphatic carbocycles. The smallest absolute Gasteiger partial charge is 0.387 e. The van der Waals surface area contributed by atoms with Crippen LogP contribution in [0.2, 0.25) is 0 Å². The molecule has 2 nitrogen and oxygen atoms in total. The van der Waals surface area contributed by atoms with Crippen LogP contribution in [0.15, 0.2) is 24.3 Å². The second kappa shape index (κ2) is 5.35. The van der Waals surface area contributed by atoms with Crippen molar-refractivity contribution in [1.82, 2.24) is 0 Å². The summed E-state index contributed by atoms with van der Waals surface area (Å²) in [7, 11) is 0. The molecule has 1 aromatic carbocycles. The van der Waals surface area contributed by atoms with Crippen LogP contribution in [-0.2, 0) is 0 Å². The van der Waals surface area contributed by atoms with Crippen LogP contribution in [0, 0.1) is 11.3 Å². The summed E-state index contributed by atoms with van der Waals surface area (Å²) in [5, 5.41) is 3.36. The number of alkyl halides is 2. The van der Waals surface area contributed by atoms with E-state index in [1.165, 1.54) is 0 Å². The number of halogens is 2. The summed E-state index contributed by atoms with van der Waals surface area (Å²) in [6.45, 7) is 3.89. The highest BCUT2D eigenvalue weighted by atomic mass is 19.3. The molecule has 19 heavy (non-hydrogen) atoms. The molecule has 2 rings (SSSR count). The van der Waals surface area contributed by atoms with Crippen molar-refractivity contribution in [3.05, 3.63) is 24.3 Å². The summed E-state index contributed by atoms with van der Waals surface area (Å²) in [6.07, 6.45) is 2.18. The first-order valence-electron chi connectivity index (χ1n) is 6.68. The van der Waals surface area contributed by atoms with Gasteiger partial charge in [-0.2, -0.15) is 8.78 Å². The van der Waals surface area contributed by atoms with E-state index in [0.29, 0.717) is 23.1 Å². The van der Waals surface area contributed by atoms with Gasteiger partial charge in [0.1, 0.15) is 5.75 Å². The highest BCUT2D eigenvalue weighted by Crippen LogP contribution is 2.42. The number of ether oxygens (including phenoxy) is 1. The second-order valence-electron chi connectivity index (χ2n) is 6.18. The standard InChI is InChI=1S/C15H21F2NO/c1-10-8-15(2,3)9-12(10)18-11-6-4-5-7-13(11)19-14(16)17/h4-7,10,12,14,18H,8-9H2,1-3H3. The van der Waals surface area contributed by atoms with E-state index in [9.17, 15) is 8.78 Å². The highest BCUT2D eigenvalue weighted by Gasteiger charge is 2.36. The molecule has 0 radical (unpaired) electrons. The lowest BCUT2D eigenvalue weighted by Crippen LogP contribution is -2.23. The molecule has 2 unspecified atom stereocenters. The van der Waals surface area contributed by atoms with Gasteiger partial charge in [0.2, 0.25) is 0 Å². The van der Waals surface area contributed by atoms with Crippen molar-refractivity contribution in [2.75, 3.05) is 5.32 Å². The lowest BCUT2D eigenvalue weighted by Gasteiger charge is -2.21. The molecule has 0 bridgehead atoms. The van der Waals surface area contributed by atoms with Crippen LogP contribution in [0.3, 0.4) is 0 Å². The number of benzene rings is 1. The molecule has 0 spiro atoms. The minimum Gasteiger partial charge on any atom is -0.433 e. The van der Waals surface area contributed by atoms with Crippen molar-refractivity contribution in [3.8, 4) is 5.75 Å². The first-order valence-corrected chi connectivity index (χ1v) is 6.68. The monoisotopic (exact) mass is 269 g/mol. The third-order valence-corrected chi connectivity index (χ3v) is 3.78. The molecule has 0 aromatic heterocycles. The van der Waals surface area contributed by atoms with E-state index in [1.54, 1.807) is 18.2 Å². The van der Waals surface area contributed by atoms with Crippen LogP contribution in [0.1, 0.15) is 33.6 Å². The maximum absolute atomic E-state index is 12.4. The summed E-state index contributed by atoms with van der Waals surface area (Å²) in [6, 6.07) is 7.18. The maximum atomic E-state index is 12.4. The van der Waals surface area contributed by atoms with E-state index >= 15 is 0 Å². The van der Waals surface area contributed by atoms with Gasteiger partial charge in [0.05, 0.1) is 5.69 Å². The van der Waals surface area contributed by atoms with Crippen molar-refractivity contribution < 1.29 is 13.5 Å². The summed E-state index contributed by atoms with van der Waals surface area (Å²) in [5.41, 5.74) is 0.952. The predicted octanol–water partition coefficient (Wildman–Crippen LogP) is 4.52. The summed E-state index contributed by atoms with van der Waals surface area (Å²) in [5.74, 6) is 0.740. The molecule has 0 amide bonds. The Morgan fingerprint density at radius 3 is 2.53 bits per heavy atom. The van der Waals surface area contributed by atoms with Gasteiger partial charge in [-0.1, -0.05) is 32.9 Å². The van der Waals surface area contributed by atoms with Gasteiger partial charge in [0, 0.05) is 6.04 Å².